The van der Waals surface area contributed by atoms with Crippen molar-refractivity contribution >= 4 is 0 Å². The minimum absolute atomic E-state index is 0.156. The Kier molecular flexibility index (Phi) is 5.19. The molecule has 2 rings (SSSR count). The first-order valence-corrected chi connectivity index (χ1v) is 7.73. The number of morpholine rings is 1. The standard InChI is InChI=1S/C17H28N2O/c1-5-16(18)17(15-9-7-6-8-12(15)2)19-10-14(4)20-11-13(19)3/h6-9,13-14,16-17H,5,10-11,18H2,1-4H3. The Labute approximate surface area is 123 Å². The SMILES string of the molecule is CCC(N)C(c1ccccc1C)N1CC(C)OCC1C. The van der Waals surface area contributed by atoms with Gasteiger partial charge >= 0.3 is 0 Å². The third-order valence-corrected chi connectivity index (χ3v) is 4.40. The molecular formula is C17H28N2O. The number of nitrogens with zero attached hydrogens (tertiary/aromatic N) is 1. The molecule has 1 aromatic carbocycles. The molecule has 0 aromatic heterocycles. The van der Waals surface area contributed by atoms with Crippen molar-refractivity contribution in [3.63, 3.8) is 0 Å². The van der Waals surface area contributed by atoms with Gasteiger partial charge in [-0.25, -0.2) is 0 Å². The molecule has 112 valence electrons. The maximum Gasteiger partial charge on any atom is 0.0675 e. The lowest BCUT2D eigenvalue weighted by Crippen LogP contribution is -2.53. The van der Waals surface area contributed by atoms with E-state index in [0.717, 1.165) is 19.6 Å². The van der Waals surface area contributed by atoms with Crippen LogP contribution in [0.1, 0.15) is 44.4 Å². The average Bonchev–Trinajstić information content (AvgIpc) is 2.44. The minimum Gasteiger partial charge on any atom is -0.376 e. The second-order valence-electron chi connectivity index (χ2n) is 6.06. The van der Waals surface area contributed by atoms with E-state index in [1.54, 1.807) is 0 Å². The third kappa shape index (κ3) is 3.22. The van der Waals surface area contributed by atoms with E-state index in [0.29, 0.717) is 6.04 Å². The molecule has 1 heterocycles. The molecule has 1 aliphatic rings. The van der Waals surface area contributed by atoms with Gasteiger partial charge in [0.1, 0.15) is 0 Å². The first-order chi connectivity index (χ1) is 9.54. The van der Waals surface area contributed by atoms with Gasteiger partial charge in [0.2, 0.25) is 0 Å². The van der Waals surface area contributed by atoms with Gasteiger partial charge in [-0.05, 0) is 38.3 Å². The first kappa shape index (κ1) is 15.5. The van der Waals surface area contributed by atoms with E-state index in [2.05, 4.69) is 56.9 Å². The summed E-state index contributed by atoms with van der Waals surface area (Å²) >= 11 is 0. The van der Waals surface area contributed by atoms with Crippen molar-refractivity contribution in [3.05, 3.63) is 35.4 Å². The Bertz CT molecular complexity index is 435. The lowest BCUT2D eigenvalue weighted by molar-refractivity contribution is -0.0708. The molecule has 4 atom stereocenters. The topological polar surface area (TPSA) is 38.5 Å². The van der Waals surface area contributed by atoms with E-state index in [4.69, 9.17) is 10.5 Å². The second kappa shape index (κ2) is 6.70. The molecule has 4 unspecified atom stereocenters. The lowest BCUT2D eigenvalue weighted by Gasteiger charge is -2.44. The number of hydrogen-bond acceptors (Lipinski definition) is 3. The number of benzene rings is 1. The zero-order chi connectivity index (χ0) is 14.7. The molecule has 0 spiro atoms. The Morgan fingerprint density at radius 2 is 2.05 bits per heavy atom. The summed E-state index contributed by atoms with van der Waals surface area (Å²) in [5, 5.41) is 0. The van der Waals surface area contributed by atoms with Crippen molar-refractivity contribution in [2.45, 2.75) is 58.3 Å². The molecule has 0 saturated carbocycles. The van der Waals surface area contributed by atoms with Crippen LogP contribution in [0.25, 0.3) is 0 Å². The fraction of sp³-hybridized carbons (Fsp3) is 0.647. The van der Waals surface area contributed by atoms with Crippen molar-refractivity contribution in [2.24, 2.45) is 5.73 Å². The van der Waals surface area contributed by atoms with Crippen LogP contribution in [0.2, 0.25) is 0 Å². The maximum atomic E-state index is 6.47. The molecule has 1 aliphatic heterocycles. The number of ether oxygens (including phenoxy) is 1. The normalized spacial score (nSPS) is 27.2. The molecule has 0 radical (unpaired) electrons. The maximum absolute atomic E-state index is 6.47. The molecule has 0 amide bonds. The number of rotatable bonds is 4. The van der Waals surface area contributed by atoms with Gasteiger partial charge in [-0.15, -0.1) is 0 Å². The third-order valence-electron chi connectivity index (χ3n) is 4.40. The molecule has 1 fully saturated rings. The largest absolute Gasteiger partial charge is 0.376 e. The predicted octanol–water partition coefficient (Wildman–Crippen LogP) is 2.88. The highest BCUT2D eigenvalue weighted by Crippen LogP contribution is 2.31. The van der Waals surface area contributed by atoms with Gasteiger partial charge in [-0.1, -0.05) is 31.2 Å². The summed E-state index contributed by atoms with van der Waals surface area (Å²) in [4.78, 5) is 2.53. The number of aryl methyl sites for hydroxylation is 1. The van der Waals surface area contributed by atoms with Crippen molar-refractivity contribution in [1.29, 1.82) is 0 Å². The van der Waals surface area contributed by atoms with Crippen LogP contribution in [0.4, 0.5) is 0 Å². The van der Waals surface area contributed by atoms with Crippen LogP contribution in [-0.2, 0) is 4.74 Å². The molecule has 1 aromatic rings. The minimum atomic E-state index is 0.156. The van der Waals surface area contributed by atoms with Crippen LogP contribution in [0.15, 0.2) is 24.3 Å². The smallest absolute Gasteiger partial charge is 0.0675 e. The number of nitrogens with two attached hydrogens (primary N) is 1. The fourth-order valence-corrected chi connectivity index (χ4v) is 3.11. The second-order valence-corrected chi connectivity index (χ2v) is 6.06. The molecule has 1 saturated heterocycles. The molecule has 3 heteroatoms. The Morgan fingerprint density at radius 1 is 1.35 bits per heavy atom. The number of hydrogen-bond donors (Lipinski definition) is 1. The van der Waals surface area contributed by atoms with Crippen LogP contribution in [-0.4, -0.2) is 36.2 Å². The van der Waals surface area contributed by atoms with Crippen LogP contribution >= 0.6 is 0 Å². The van der Waals surface area contributed by atoms with Crippen LogP contribution in [0, 0.1) is 6.92 Å². The quantitative estimate of drug-likeness (QED) is 0.919. The van der Waals surface area contributed by atoms with Gasteiger partial charge in [0.15, 0.2) is 0 Å². The summed E-state index contributed by atoms with van der Waals surface area (Å²) in [5.41, 5.74) is 9.16. The van der Waals surface area contributed by atoms with Gasteiger partial charge < -0.3 is 10.5 Å². The van der Waals surface area contributed by atoms with Crippen molar-refractivity contribution in [3.8, 4) is 0 Å². The van der Waals surface area contributed by atoms with Crippen LogP contribution in [0.3, 0.4) is 0 Å². The summed E-state index contributed by atoms with van der Waals surface area (Å²) in [7, 11) is 0. The molecule has 0 aliphatic carbocycles. The van der Waals surface area contributed by atoms with E-state index in [-0.39, 0.29) is 18.2 Å². The Hall–Kier alpha value is -0.900. The summed E-state index contributed by atoms with van der Waals surface area (Å²) in [6.07, 6.45) is 1.26. The van der Waals surface area contributed by atoms with Crippen LogP contribution < -0.4 is 5.73 Å². The average molecular weight is 276 g/mol. The van der Waals surface area contributed by atoms with E-state index in [1.807, 2.05) is 0 Å². The van der Waals surface area contributed by atoms with Crippen LogP contribution in [0.5, 0.6) is 0 Å². The molecule has 0 bridgehead atoms. The summed E-state index contributed by atoms with van der Waals surface area (Å²) in [6, 6.07) is 9.46. The summed E-state index contributed by atoms with van der Waals surface area (Å²) in [6.45, 7) is 10.5. The fourth-order valence-electron chi connectivity index (χ4n) is 3.11. The van der Waals surface area contributed by atoms with E-state index < -0.39 is 0 Å². The van der Waals surface area contributed by atoms with Crippen molar-refractivity contribution < 1.29 is 4.74 Å². The van der Waals surface area contributed by atoms with Gasteiger partial charge in [0, 0.05) is 18.6 Å². The van der Waals surface area contributed by atoms with Gasteiger partial charge in [-0.2, -0.15) is 0 Å². The summed E-state index contributed by atoms with van der Waals surface area (Å²) in [5.74, 6) is 0. The summed E-state index contributed by atoms with van der Waals surface area (Å²) < 4.78 is 5.77. The molecule has 20 heavy (non-hydrogen) atoms. The van der Waals surface area contributed by atoms with E-state index in [9.17, 15) is 0 Å². The highest BCUT2D eigenvalue weighted by molar-refractivity contribution is 5.30. The van der Waals surface area contributed by atoms with Gasteiger partial charge in [0.25, 0.3) is 0 Å². The highest BCUT2D eigenvalue weighted by Gasteiger charge is 2.33. The van der Waals surface area contributed by atoms with Gasteiger partial charge in [0.05, 0.1) is 18.8 Å². The van der Waals surface area contributed by atoms with E-state index >= 15 is 0 Å². The van der Waals surface area contributed by atoms with Crippen molar-refractivity contribution in [2.75, 3.05) is 13.2 Å². The molecule has 2 N–H and O–H groups in total. The lowest BCUT2D eigenvalue weighted by atomic mass is 9.91. The van der Waals surface area contributed by atoms with E-state index in [1.165, 1.54) is 11.1 Å². The molecular weight excluding hydrogens is 248 g/mol. The Morgan fingerprint density at radius 3 is 2.70 bits per heavy atom. The van der Waals surface area contributed by atoms with Crippen molar-refractivity contribution in [1.82, 2.24) is 4.90 Å². The van der Waals surface area contributed by atoms with Gasteiger partial charge in [-0.3, -0.25) is 4.90 Å². The monoisotopic (exact) mass is 276 g/mol. The highest BCUT2D eigenvalue weighted by atomic mass is 16.5. The first-order valence-electron chi connectivity index (χ1n) is 7.73. The predicted molar refractivity (Wildman–Crippen MR) is 83.8 cm³/mol. The zero-order valence-corrected chi connectivity index (χ0v) is 13.2. The Balaban J connectivity index is 2.35. The zero-order valence-electron chi connectivity index (χ0n) is 13.2. The molecule has 3 nitrogen and oxygen atoms in total.